The monoisotopic (exact) mass is 280 g/mol. The molecule has 0 amide bonds. The van der Waals surface area contributed by atoms with Crippen molar-refractivity contribution in [3.63, 3.8) is 0 Å². The van der Waals surface area contributed by atoms with Crippen LogP contribution in [0.5, 0.6) is 5.75 Å². The Morgan fingerprint density at radius 3 is 2.29 bits per heavy atom. The third-order valence-corrected chi connectivity index (χ3v) is 3.13. The van der Waals surface area contributed by atoms with E-state index in [0.717, 1.165) is 33.7 Å². The lowest BCUT2D eigenvalue weighted by molar-refractivity contribution is 0.415. The van der Waals surface area contributed by atoms with Crippen molar-refractivity contribution < 1.29 is 4.74 Å². The average molecular weight is 280 g/mol. The Bertz CT molecular complexity index is 724. The second-order valence-electron chi connectivity index (χ2n) is 4.38. The number of fused-ring (bicyclic) bond motifs is 1. The molecule has 2 aromatic carbocycles. The molecule has 3 aromatic rings. The fourth-order valence-corrected chi connectivity index (χ4v) is 2.11. The molecule has 0 unspecified atom stereocenters. The number of rotatable bonds is 2. The summed E-state index contributed by atoms with van der Waals surface area (Å²) in [5.74, 6) is 1.56. The van der Waals surface area contributed by atoms with Gasteiger partial charge in [0, 0.05) is 22.7 Å². The van der Waals surface area contributed by atoms with Crippen molar-refractivity contribution in [1.29, 1.82) is 0 Å². The summed E-state index contributed by atoms with van der Waals surface area (Å²) in [5, 5.41) is 1.06. The third-order valence-electron chi connectivity index (χ3n) is 3.13. The highest BCUT2D eigenvalue weighted by Gasteiger charge is 2.07. The molecule has 0 radical (unpaired) electrons. The maximum Gasteiger partial charge on any atom is 0.160 e. The van der Waals surface area contributed by atoms with Crippen LogP contribution in [0.25, 0.3) is 22.3 Å². The number of nitrogens with zero attached hydrogens (tertiary/aromatic N) is 2. The van der Waals surface area contributed by atoms with Crippen LogP contribution in [0.15, 0.2) is 48.5 Å². The molecule has 0 aliphatic rings. The average Bonchev–Trinajstić information content (AvgIpc) is 2.57. The minimum absolute atomic E-state index is 0.749. The summed E-state index contributed by atoms with van der Waals surface area (Å²) in [6.07, 6.45) is 0. The highest BCUT2D eigenvalue weighted by atomic mass is 16.5. The molecule has 0 bridgehead atoms. The topological polar surface area (TPSA) is 35.0 Å². The van der Waals surface area contributed by atoms with Crippen molar-refractivity contribution in [1.82, 2.24) is 9.97 Å². The van der Waals surface area contributed by atoms with Gasteiger partial charge >= 0.3 is 0 Å². The van der Waals surface area contributed by atoms with Crippen LogP contribution < -0.4 is 4.74 Å². The smallest absolute Gasteiger partial charge is 0.160 e. The summed E-state index contributed by atoms with van der Waals surface area (Å²) in [6.45, 7) is 6.00. The molecule has 3 heteroatoms. The van der Waals surface area contributed by atoms with Gasteiger partial charge in [-0.05, 0) is 19.1 Å². The van der Waals surface area contributed by atoms with Crippen LogP contribution in [0.4, 0.5) is 0 Å². The second-order valence-corrected chi connectivity index (χ2v) is 4.38. The molecule has 0 saturated heterocycles. The van der Waals surface area contributed by atoms with Gasteiger partial charge in [-0.25, -0.2) is 9.97 Å². The number of aryl methyl sites for hydroxylation is 1. The quantitative estimate of drug-likeness (QED) is 0.686. The summed E-state index contributed by atoms with van der Waals surface area (Å²) in [4.78, 5) is 9.20. The molecule has 0 spiro atoms. The maximum absolute atomic E-state index is 5.25. The molecule has 0 fully saturated rings. The number of ether oxygens (including phenoxy) is 1. The lowest BCUT2D eigenvalue weighted by Gasteiger charge is -2.07. The Morgan fingerprint density at radius 2 is 1.62 bits per heavy atom. The first-order valence-electron chi connectivity index (χ1n) is 7.16. The summed E-state index contributed by atoms with van der Waals surface area (Å²) < 4.78 is 5.25. The summed E-state index contributed by atoms with van der Waals surface area (Å²) >= 11 is 0. The largest absolute Gasteiger partial charge is 0.497 e. The number of hydrogen-bond donors (Lipinski definition) is 0. The fraction of sp³-hybridized carbons (Fsp3) is 0.222. The number of aromatic nitrogens is 2. The van der Waals surface area contributed by atoms with Crippen molar-refractivity contribution in [3.05, 3.63) is 54.2 Å². The molecule has 21 heavy (non-hydrogen) atoms. The SMILES string of the molecule is CC.COc1ccc2c(C)nc(-c3ccccc3)nc2c1. The predicted octanol–water partition coefficient (Wildman–Crippen LogP) is 4.64. The van der Waals surface area contributed by atoms with E-state index in [1.54, 1.807) is 7.11 Å². The highest BCUT2D eigenvalue weighted by Crippen LogP contribution is 2.24. The van der Waals surface area contributed by atoms with Crippen LogP contribution >= 0.6 is 0 Å². The Hall–Kier alpha value is -2.42. The van der Waals surface area contributed by atoms with Crippen molar-refractivity contribution in [2.45, 2.75) is 20.8 Å². The van der Waals surface area contributed by atoms with E-state index in [4.69, 9.17) is 4.74 Å². The lowest BCUT2D eigenvalue weighted by Crippen LogP contribution is -1.94. The number of benzene rings is 2. The standard InChI is InChI=1S/C16H14N2O.C2H6/c1-11-14-9-8-13(19-2)10-15(14)18-16(17-11)12-6-4-3-5-7-12;1-2/h3-10H,1-2H3;1-2H3. The summed E-state index contributed by atoms with van der Waals surface area (Å²) in [5.41, 5.74) is 2.91. The van der Waals surface area contributed by atoms with Crippen molar-refractivity contribution in [2.24, 2.45) is 0 Å². The zero-order valence-electron chi connectivity index (χ0n) is 12.9. The first-order chi connectivity index (χ1) is 10.3. The minimum Gasteiger partial charge on any atom is -0.497 e. The normalized spacial score (nSPS) is 9.90. The summed E-state index contributed by atoms with van der Waals surface area (Å²) in [6, 6.07) is 15.9. The lowest BCUT2D eigenvalue weighted by atomic mass is 10.1. The van der Waals surface area contributed by atoms with Crippen LogP contribution in [0, 0.1) is 6.92 Å². The molecular formula is C18H20N2O. The van der Waals surface area contributed by atoms with Gasteiger partial charge in [-0.1, -0.05) is 44.2 Å². The van der Waals surface area contributed by atoms with E-state index in [1.807, 2.05) is 69.3 Å². The summed E-state index contributed by atoms with van der Waals surface area (Å²) in [7, 11) is 1.66. The molecule has 1 aromatic heterocycles. The second kappa shape index (κ2) is 6.84. The zero-order valence-corrected chi connectivity index (χ0v) is 12.9. The fourth-order valence-electron chi connectivity index (χ4n) is 2.11. The molecule has 3 rings (SSSR count). The van der Waals surface area contributed by atoms with Gasteiger partial charge in [0.05, 0.1) is 12.6 Å². The van der Waals surface area contributed by atoms with Gasteiger partial charge in [0.2, 0.25) is 0 Å². The van der Waals surface area contributed by atoms with Crippen LogP contribution in [-0.4, -0.2) is 17.1 Å². The van der Waals surface area contributed by atoms with E-state index in [-0.39, 0.29) is 0 Å². The van der Waals surface area contributed by atoms with Crippen molar-refractivity contribution in [3.8, 4) is 17.1 Å². The number of methoxy groups -OCH3 is 1. The molecule has 0 aliphatic heterocycles. The predicted molar refractivity (Wildman–Crippen MR) is 87.6 cm³/mol. The van der Waals surface area contributed by atoms with Gasteiger partial charge in [0.1, 0.15) is 5.75 Å². The molecule has 0 aliphatic carbocycles. The molecule has 1 heterocycles. The van der Waals surface area contributed by atoms with E-state index < -0.39 is 0 Å². The van der Waals surface area contributed by atoms with Crippen LogP contribution in [0.1, 0.15) is 19.5 Å². The molecule has 108 valence electrons. The Morgan fingerprint density at radius 1 is 0.905 bits per heavy atom. The molecule has 0 saturated carbocycles. The van der Waals surface area contributed by atoms with Gasteiger partial charge in [-0.15, -0.1) is 0 Å². The Labute approximate surface area is 125 Å². The first kappa shape index (κ1) is 15.0. The van der Waals surface area contributed by atoms with E-state index in [1.165, 1.54) is 0 Å². The Kier molecular flexibility index (Phi) is 4.88. The van der Waals surface area contributed by atoms with Crippen LogP contribution in [0.3, 0.4) is 0 Å². The first-order valence-corrected chi connectivity index (χ1v) is 7.16. The van der Waals surface area contributed by atoms with E-state index in [9.17, 15) is 0 Å². The van der Waals surface area contributed by atoms with Crippen LogP contribution in [0.2, 0.25) is 0 Å². The molecule has 3 nitrogen and oxygen atoms in total. The Balaban J connectivity index is 0.000000774. The molecular weight excluding hydrogens is 260 g/mol. The van der Waals surface area contributed by atoms with E-state index >= 15 is 0 Å². The maximum atomic E-state index is 5.25. The molecule has 0 atom stereocenters. The van der Waals surface area contributed by atoms with Gasteiger partial charge in [-0.3, -0.25) is 0 Å². The van der Waals surface area contributed by atoms with Gasteiger partial charge in [0.15, 0.2) is 5.82 Å². The van der Waals surface area contributed by atoms with Gasteiger partial charge < -0.3 is 4.74 Å². The van der Waals surface area contributed by atoms with Crippen molar-refractivity contribution >= 4 is 10.9 Å². The van der Waals surface area contributed by atoms with Crippen LogP contribution in [-0.2, 0) is 0 Å². The minimum atomic E-state index is 0.749. The van der Waals surface area contributed by atoms with E-state index in [0.29, 0.717) is 0 Å². The third kappa shape index (κ3) is 3.19. The van der Waals surface area contributed by atoms with Gasteiger partial charge in [0.25, 0.3) is 0 Å². The number of hydrogen-bond acceptors (Lipinski definition) is 3. The molecule has 0 N–H and O–H groups in total. The van der Waals surface area contributed by atoms with Gasteiger partial charge in [-0.2, -0.15) is 0 Å². The zero-order chi connectivity index (χ0) is 15.2. The van der Waals surface area contributed by atoms with Crippen molar-refractivity contribution in [2.75, 3.05) is 7.11 Å². The highest BCUT2D eigenvalue weighted by molar-refractivity contribution is 5.83. The van der Waals surface area contributed by atoms with E-state index in [2.05, 4.69) is 9.97 Å².